The van der Waals surface area contributed by atoms with Gasteiger partial charge in [0.15, 0.2) is 22.6 Å². The van der Waals surface area contributed by atoms with Gasteiger partial charge in [0.1, 0.15) is 9.81 Å². The molecule has 4 rings (SSSR count). The van der Waals surface area contributed by atoms with E-state index in [9.17, 15) is 81.9 Å². The molecule has 24 heteroatoms. The molecule has 2 aliphatic carbocycles. The Morgan fingerprint density at radius 1 is 0.580 bits per heavy atom. The number of rotatable bonds is 11. The molecule has 270 valence electrons. The van der Waals surface area contributed by atoms with Gasteiger partial charge in [0.2, 0.25) is 0 Å². The number of aliphatic carboxylic acids is 2. The second-order valence-electron chi connectivity index (χ2n) is 11.1. The first-order chi connectivity index (χ1) is 22.6. The highest BCUT2D eigenvalue weighted by Gasteiger charge is 2.57. The standard InChI is InChI=1S/C26H24N2O18S4/c27-21(23(29)30)25(33)17(15-3-1-13(47(35,36)37)7-11(15)9-19(25)49(41,42)43)5-6-18-16-4-2-14(48(38,39)40)8-12(16)10-20(50(44,45)46)26(18,34)22(28)24(31)32/h1-4,7-10,17-18,27-28,33-34H,5-6H2,(H,29,30)(H,31,32)(H,35,36,37)(H,38,39,40)(H,41,42,43)(H,44,45,46). The van der Waals surface area contributed by atoms with Crippen LogP contribution >= 0.6 is 0 Å². The molecule has 0 heterocycles. The molecule has 2 aromatic rings. The Hall–Kier alpha value is -4.24. The quantitative estimate of drug-likeness (QED) is 0.106. The van der Waals surface area contributed by atoms with E-state index in [1.165, 1.54) is 0 Å². The van der Waals surface area contributed by atoms with Crippen LogP contribution in [0.25, 0.3) is 12.2 Å². The highest BCUT2D eigenvalue weighted by Crippen LogP contribution is 2.52. The number of carboxylic acid groups (broad SMARTS) is 2. The van der Waals surface area contributed by atoms with Gasteiger partial charge >= 0.3 is 11.9 Å². The maximum atomic E-state index is 12.5. The Balaban J connectivity index is 2.06. The van der Waals surface area contributed by atoms with E-state index in [2.05, 4.69) is 0 Å². The average molecular weight is 781 g/mol. The Morgan fingerprint density at radius 2 is 0.880 bits per heavy atom. The molecule has 2 aliphatic rings. The molecule has 0 fully saturated rings. The van der Waals surface area contributed by atoms with E-state index >= 15 is 0 Å². The highest BCUT2D eigenvalue weighted by molar-refractivity contribution is 7.90. The number of nitrogens with one attached hydrogen (secondary N) is 2. The average Bonchev–Trinajstić information content (AvgIpc) is 2.97. The van der Waals surface area contributed by atoms with Crippen molar-refractivity contribution in [3.05, 3.63) is 68.5 Å². The number of aliphatic hydroxyl groups is 2. The first kappa shape index (κ1) is 38.6. The number of carboxylic acids is 2. The maximum absolute atomic E-state index is 12.5. The monoisotopic (exact) mass is 780 g/mol. The summed E-state index contributed by atoms with van der Waals surface area (Å²) in [6, 6.07) is 4.44. The molecule has 0 bridgehead atoms. The zero-order valence-electron chi connectivity index (χ0n) is 24.5. The van der Waals surface area contributed by atoms with Crippen molar-refractivity contribution in [2.45, 2.75) is 45.7 Å². The van der Waals surface area contributed by atoms with Gasteiger partial charge in [-0.15, -0.1) is 0 Å². The lowest BCUT2D eigenvalue weighted by atomic mass is 9.66. The number of benzene rings is 2. The van der Waals surface area contributed by atoms with Gasteiger partial charge in [-0.3, -0.25) is 29.0 Å². The third kappa shape index (κ3) is 6.52. The van der Waals surface area contributed by atoms with Crippen LogP contribution in [-0.2, 0) is 50.1 Å². The molecule has 0 saturated heterocycles. The second kappa shape index (κ2) is 12.2. The van der Waals surface area contributed by atoms with Crippen LogP contribution in [0.3, 0.4) is 0 Å². The summed E-state index contributed by atoms with van der Waals surface area (Å²) < 4.78 is 137. The van der Waals surface area contributed by atoms with E-state index in [1.807, 2.05) is 0 Å². The van der Waals surface area contributed by atoms with E-state index in [4.69, 9.17) is 10.8 Å². The van der Waals surface area contributed by atoms with Crippen LogP contribution < -0.4 is 0 Å². The van der Waals surface area contributed by atoms with Crippen molar-refractivity contribution in [3.63, 3.8) is 0 Å². The molecule has 0 aliphatic heterocycles. The molecule has 0 radical (unpaired) electrons. The predicted molar refractivity (Wildman–Crippen MR) is 167 cm³/mol. The van der Waals surface area contributed by atoms with E-state index in [0.29, 0.717) is 24.3 Å². The third-order valence-corrected chi connectivity index (χ3v) is 12.0. The van der Waals surface area contributed by atoms with E-state index < -0.39 is 130 Å². The van der Waals surface area contributed by atoms with Gasteiger partial charge < -0.3 is 20.4 Å². The lowest BCUT2D eigenvalue weighted by Crippen LogP contribution is -2.54. The fourth-order valence-electron chi connectivity index (χ4n) is 6.13. The Bertz CT molecular complexity index is 2250. The topological polar surface area (TPSA) is 380 Å². The largest absolute Gasteiger partial charge is 0.477 e. The van der Waals surface area contributed by atoms with Crippen LogP contribution in [0.2, 0.25) is 0 Å². The van der Waals surface area contributed by atoms with Crippen LogP contribution in [0.15, 0.2) is 56.0 Å². The number of hydrogen-bond acceptors (Lipinski definition) is 14. The first-order valence-corrected chi connectivity index (χ1v) is 19.0. The summed E-state index contributed by atoms with van der Waals surface area (Å²) in [5.74, 6) is -8.68. The minimum Gasteiger partial charge on any atom is -0.477 e. The fraction of sp³-hybridized carbons (Fsp3) is 0.231. The normalized spacial score (nSPS) is 23.9. The van der Waals surface area contributed by atoms with Crippen molar-refractivity contribution < 1.29 is 81.9 Å². The van der Waals surface area contributed by atoms with E-state index in [0.717, 1.165) is 24.3 Å². The zero-order valence-corrected chi connectivity index (χ0v) is 27.7. The van der Waals surface area contributed by atoms with Crippen LogP contribution in [0, 0.1) is 10.8 Å². The van der Waals surface area contributed by atoms with Crippen molar-refractivity contribution in [3.8, 4) is 0 Å². The third-order valence-electron chi connectivity index (χ3n) is 8.29. The summed E-state index contributed by atoms with van der Waals surface area (Å²) in [6.07, 6.45) is -1.07. The van der Waals surface area contributed by atoms with Gasteiger partial charge in [-0.25, -0.2) is 9.59 Å². The van der Waals surface area contributed by atoms with Crippen LogP contribution in [0.4, 0.5) is 0 Å². The molecule has 0 saturated carbocycles. The summed E-state index contributed by atoms with van der Waals surface area (Å²) in [4.78, 5) is 19.1. The number of hydrogen-bond donors (Lipinski definition) is 10. The lowest BCUT2D eigenvalue weighted by molar-refractivity contribution is -0.131. The van der Waals surface area contributed by atoms with Gasteiger partial charge in [-0.05, 0) is 71.5 Å². The molecule has 4 atom stereocenters. The minimum absolute atomic E-state index is 0.363. The molecule has 10 N–H and O–H groups in total. The second-order valence-corrected chi connectivity index (χ2v) is 16.7. The van der Waals surface area contributed by atoms with Gasteiger partial charge in [-0.1, -0.05) is 12.1 Å². The molecule has 20 nitrogen and oxygen atoms in total. The predicted octanol–water partition coefficient (Wildman–Crippen LogP) is -0.0169. The van der Waals surface area contributed by atoms with E-state index in [1.54, 1.807) is 0 Å². The summed E-state index contributed by atoms with van der Waals surface area (Å²) >= 11 is 0. The highest BCUT2D eigenvalue weighted by atomic mass is 32.2. The Morgan fingerprint density at radius 3 is 1.12 bits per heavy atom. The van der Waals surface area contributed by atoms with Crippen LogP contribution in [-0.4, -0.2) is 107 Å². The van der Waals surface area contributed by atoms with Gasteiger partial charge in [-0.2, -0.15) is 33.7 Å². The SMILES string of the molecule is N=C(C(=O)O)C1(O)C(S(=O)(=O)O)=Cc2cc(S(=O)(=O)O)ccc2C1CCC1c2ccc(S(=O)(=O)O)cc2C=C(S(=O)(=O)O)C1(O)C(=N)C(=O)O. The fourth-order valence-corrected chi connectivity index (χ4v) is 8.99. The summed E-state index contributed by atoms with van der Waals surface area (Å²) in [5, 5.41) is 59.2. The summed E-state index contributed by atoms with van der Waals surface area (Å²) in [5.41, 5.74) is -12.4. The minimum atomic E-state index is -5.69. The van der Waals surface area contributed by atoms with Gasteiger partial charge in [0.05, 0.1) is 9.79 Å². The first-order valence-electron chi connectivity index (χ1n) is 13.3. The molecule has 2 aromatic carbocycles. The van der Waals surface area contributed by atoms with Crippen LogP contribution in [0.5, 0.6) is 0 Å². The van der Waals surface area contributed by atoms with Crippen molar-refractivity contribution in [1.29, 1.82) is 10.8 Å². The molecule has 0 amide bonds. The van der Waals surface area contributed by atoms with Crippen molar-refractivity contribution in [2.75, 3.05) is 0 Å². The number of fused-ring (bicyclic) bond motifs is 2. The lowest BCUT2D eigenvalue weighted by Gasteiger charge is -2.43. The summed E-state index contributed by atoms with van der Waals surface area (Å²) in [6.45, 7) is 0. The smallest absolute Gasteiger partial charge is 0.352 e. The number of carbonyl (C=O) groups is 2. The van der Waals surface area contributed by atoms with Gasteiger partial charge in [0.25, 0.3) is 40.5 Å². The van der Waals surface area contributed by atoms with Crippen molar-refractivity contribution >= 4 is 76.0 Å². The van der Waals surface area contributed by atoms with Crippen molar-refractivity contribution in [2.24, 2.45) is 0 Å². The zero-order chi connectivity index (χ0) is 38.2. The van der Waals surface area contributed by atoms with Gasteiger partial charge in [0, 0.05) is 11.8 Å². The summed E-state index contributed by atoms with van der Waals surface area (Å²) in [7, 11) is -21.4. The molecule has 4 unspecified atom stereocenters. The maximum Gasteiger partial charge on any atom is 0.352 e. The molecule has 50 heavy (non-hydrogen) atoms. The Labute approximate surface area is 282 Å². The molecule has 0 aromatic heterocycles. The van der Waals surface area contributed by atoms with E-state index in [-0.39, 0.29) is 11.1 Å². The van der Waals surface area contributed by atoms with Crippen molar-refractivity contribution in [1.82, 2.24) is 0 Å². The van der Waals surface area contributed by atoms with Crippen LogP contribution in [0.1, 0.15) is 46.9 Å². The molecular formula is C26H24N2O18S4. The molecule has 0 spiro atoms. The molecular weight excluding hydrogens is 757 g/mol. The Kier molecular flexibility index (Phi) is 9.42.